The summed E-state index contributed by atoms with van der Waals surface area (Å²) in [6, 6.07) is 13.5. The van der Waals surface area contributed by atoms with E-state index in [9.17, 15) is 4.39 Å². The number of hydrogen-bond donors (Lipinski definition) is 1. The van der Waals surface area contributed by atoms with Crippen molar-refractivity contribution in [3.05, 3.63) is 65.7 Å². The third-order valence-electron chi connectivity index (χ3n) is 7.27. The Bertz CT molecular complexity index is 1330. The van der Waals surface area contributed by atoms with Crippen molar-refractivity contribution >= 4 is 21.8 Å². The molecule has 6 heteroatoms. The maximum atomic E-state index is 13.8. The van der Waals surface area contributed by atoms with Crippen molar-refractivity contribution in [2.24, 2.45) is 0 Å². The third-order valence-corrected chi connectivity index (χ3v) is 7.27. The molecule has 2 aromatic carbocycles. The molecule has 170 valence electrons. The largest absolute Gasteiger partial charge is 0.486 e. The molecule has 33 heavy (non-hydrogen) atoms. The van der Waals surface area contributed by atoms with Crippen LogP contribution < -0.4 is 9.47 Å². The van der Waals surface area contributed by atoms with Crippen molar-refractivity contribution in [1.82, 2.24) is 14.9 Å². The van der Waals surface area contributed by atoms with Crippen LogP contribution in [0.15, 0.2) is 48.7 Å². The number of aromatic amines is 1. The molecule has 2 unspecified atom stereocenters. The molecule has 0 radical (unpaired) electrons. The van der Waals surface area contributed by atoms with Gasteiger partial charge in [0.25, 0.3) is 0 Å². The molecule has 0 spiro atoms. The summed E-state index contributed by atoms with van der Waals surface area (Å²) < 4.78 is 26.3. The number of ether oxygens (including phenoxy) is 2. The predicted octanol–water partition coefficient (Wildman–Crippen LogP) is 5.57. The van der Waals surface area contributed by atoms with E-state index in [2.05, 4.69) is 34.2 Å². The quantitative estimate of drug-likeness (QED) is 0.446. The summed E-state index contributed by atoms with van der Waals surface area (Å²) >= 11 is 0. The van der Waals surface area contributed by atoms with Crippen LogP contribution in [0.2, 0.25) is 0 Å². The first-order chi connectivity index (χ1) is 16.0. The molecule has 3 atom stereocenters. The van der Waals surface area contributed by atoms with Gasteiger partial charge in [-0.1, -0.05) is 0 Å². The van der Waals surface area contributed by atoms with E-state index in [1.54, 1.807) is 6.07 Å². The highest BCUT2D eigenvalue weighted by Crippen LogP contribution is 2.41. The minimum absolute atomic E-state index is 0.0318. The maximum absolute atomic E-state index is 13.8. The lowest BCUT2D eigenvalue weighted by Gasteiger charge is -2.32. The van der Waals surface area contributed by atoms with Gasteiger partial charge in [0.15, 0.2) is 11.5 Å². The van der Waals surface area contributed by atoms with Gasteiger partial charge >= 0.3 is 0 Å². The molecule has 3 heterocycles. The van der Waals surface area contributed by atoms with Crippen molar-refractivity contribution in [2.75, 3.05) is 20.2 Å². The highest BCUT2D eigenvalue weighted by Gasteiger charge is 2.32. The van der Waals surface area contributed by atoms with Gasteiger partial charge in [0.2, 0.25) is 0 Å². The van der Waals surface area contributed by atoms with Crippen LogP contribution in [0.1, 0.15) is 36.4 Å². The Balaban J connectivity index is 1.15. The normalized spacial score (nSPS) is 22.5. The molecule has 1 aliphatic heterocycles. The second kappa shape index (κ2) is 8.03. The summed E-state index contributed by atoms with van der Waals surface area (Å²) in [6.45, 7) is 3.34. The van der Waals surface area contributed by atoms with Crippen LogP contribution in [0.4, 0.5) is 4.39 Å². The third kappa shape index (κ3) is 3.72. The molecule has 2 aromatic heterocycles. The number of aryl methyl sites for hydroxylation is 1. The molecular formula is C27H28FN3O2. The van der Waals surface area contributed by atoms with Crippen LogP contribution in [0.3, 0.4) is 0 Å². The molecule has 5 nitrogen and oxygen atoms in total. The Hall–Kier alpha value is -3.12. The van der Waals surface area contributed by atoms with Gasteiger partial charge in [-0.25, -0.2) is 4.39 Å². The molecular weight excluding hydrogens is 417 g/mol. The Kier molecular flexibility index (Phi) is 4.98. The van der Waals surface area contributed by atoms with E-state index in [-0.39, 0.29) is 11.9 Å². The molecule has 0 bridgehead atoms. The summed E-state index contributed by atoms with van der Waals surface area (Å²) in [6.07, 6.45) is 5.33. The van der Waals surface area contributed by atoms with E-state index in [0.29, 0.717) is 18.6 Å². The molecule has 1 aliphatic carbocycles. The van der Waals surface area contributed by atoms with Crippen molar-refractivity contribution in [1.29, 1.82) is 0 Å². The van der Waals surface area contributed by atoms with Crippen LogP contribution in [0, 0.1) is 12.7 Å². The lowest BCUT2D eigenvalue weighted by molar-refractivity contribution is 0.0564. The zero-order chi connectivity index (χ0) is 22.5. The van der Waals surface area contributed by atoms with Crippen LogP contribution in [0.5, 0.6) is 11.5 Å². The average molecular weight is 446 g/mol. The number of nitrogens with one attached hydrogen (secondary N) is 1. The number of fused-ring (bicyclic) bond motifs is 4. The number of likely N-dealkylation sites (N-methyl/N-ethyl adjacent to an activating group) is 1. The number of aromatic nitrogens is 2. The molecule has 6 rings (SSSR count). The van der Waals surface area contributed by atoms with Gasteiger partial charge in [-0.2, -0.15) is 0 Å². The highest BCUT2D eigenvalue weighted by molar-refractivity contribution is 5.88. The summed E-state index contributed by atoms with van der Waals surface area (Å²) in [4.78, 5) is 10.3. The second-order valence-corrected chi connectivity index (χ2v) is 9.50. The molecule has 4 aromatic rings. The monoisotopic (exact) mass is 445 g/mol. The summed E-state index contributed by atoms with van der Waals surface area (Å²) in [5, 5.41) is 2.01. The number of halogens is 1. The molecule has 0 saturated heterocycles. The fraction of sp³-hybridized carbons (Fsp3) is 0.370. The van der Waals surface area contributed by atoms with E-state index in [1.165, 1.54) is 11.6 Å². The first kappa shape index (κ1) is 20.5. The molecule has 1 N–H and O–H groups in total. The number of nitrogens with zero attached hydrogens (tertiary/aromatic N) is 2. The van der Waals surface area contributed by atoms with Crippen molar-refractivity contribution in [3.63, 3.8) is 0 Å². The second-order valence-electron chi connectivity index (χ2n) is 9.50. The van der Waals surface area contributed by atoms with Gasteiger partial charge in [-0.15, -0.1) is 0 Å². The van der Waals surface area contributed by atoms with Gasteiger partial charge in [0, 0.05) is 40.8 Å². The summed E-state index contributed by atoms with van der Waals surface area (Å²) in [7, 11) is 2.18. The molecule has 0 amide bonds. The van der Waals surface area contributed by atoms with Crippen molar-refractivity contribution in [3.8, 4) is 11.5 Å². The molecule has 2 aliphatic rings. The molecule has 1 fully saturated rings. The van der Waals surface area contributed by atoms with Gasteiger partial charge in [-0.05, 0) is 87.2 Å². The standard InChI is InChI=1S/C27H28FN3O2/c1-16-3-7-21-25(30-16)9-10-26-27(21)33-20(15-32-26)14-31(2)19-6-4-17(11-19)23-13-29-24-8-5-18(28)12-22(23)24/h3,5,7-10,12-13,17,19-20,29H,4,6,11,14-15H2,1-2H3/t17?,19?,20-/m0/s1. The predicted molar refractivity (Wildman–Crippen MR) is 128 cm³/mol. The van der Waals surface area contributed by atoms with E-state index >= 15 is 0 Å². The lowest BCUT2D eigenvalue weighted by atomic mass is 9.96. The summed E-state index contributed by atoms with van der Waals surface area (Å²) in [5.41, 5.74) is 4.16. The van der Waals surface area contributed by atoms with E-state index < -0.39 is 0 Å². The maximum Gasteiger partial charge on any atom is 0.171 e. The molecule has 1 saturated carbocycles. The van der Waals surface area contributed by atoms with Crippen LogP contribution in [-0.4, -0.2) is 47.2 Å². The van der Waals surface area contributed by atoms with Gasteiger partial charge in [-0.3, -0.25) is 9.88 Å². The SMILES string of the molecule is Cc1ccc2c3c(ccc2n1)OC[C@H](CN(C)C1CCC(c2c[nH]c4ccc(F)cc24)C1)O3. The lowest BCUT2D eigenvalue weighted by Crippen LogP contribution is -2.42. The van der Waals surface area contributed by atoms with E-state index in [1.807, 2.05) is 31.2 Å². The number of H-pyrrole nitrogens is 1. The zero-order valence-electron chi connectivity index (χ0n) is 19.0. The fourth-order valence-electron chi connectivity index (χ4n) is 5.53. The summed E-state index contributed by atoms with van der Waals surface area (Å²) in [5.74, 6) is 1.85. The Morgan fingerprint density at radius 1 is 1.12 bits per heavy atom. The van der Waals surface area contributed by atoms with Crippen LogP contribution in [0.25, 0.3) is 21.8 Å². The number of pyridine rings is 1. The van der Waals surface area contributed by atoms with Crippen molar-refractivity contribution < 1.29 is 13.9 Å². The van der Waals surface area contributed by atoms with Gasteiger partial charge in [0.1, 0.15) is 18.5 Å². The minimum atomic E-state index is -0.178. The first-order valence-electron chi connectivity index (χ1n) is 11.7. The zero-order valence-corrected chi connectivity index (χ0v) is 19.0. The van der Waals surface area contributed by atoms with Crippen molar-refractivity contribution in [2.45, 2.75) is 44.2 Å². The number of rotatable bonds is 4. The fourth-order valence-corrected chi connectivity index (χ4v) is 5.53. The van der Waals surface area contributed by atoms with Gasteiger partial charge < -0.3 is 14.5 Å². The van der Waals surface area contributed by atoms with E-state index in [0.717, 1.165) is 64.8 Å². The Labute approximate surface area is 192 Å². The Morgan fingerprint density at radius 3 is 2.94 bits per heavy atom. The van der Waals surface area contributed by atoms with Crippen LogP contribution in [-0.2, 0) is 0 Å². The minimum Gasteiger partial charge on any atom is -0.486 e. The number of hydrogen-bond acceptors (Lipinski definition) is 4. The Morgan fingerprint density at radius 2 is 2.03 bits per heavy atom. The van der Waals surface area contributed by atoms with Crippen LogP contribution >= 0.6 is 0 Å². The van der Waals surface area contributed by atoms with Gasteiger partial charge in [0.05, 0.1) is 5.52 Å². The average Bonchev–Trinajstić information content (AvgIpc) is 3.45. The topological polar surface area (TPSA) is 50.4 Å². The number of benzene rings is 2. The smallest absolute Gasteiger partial charge is 0.171 e. The first-order valence-corrected chi connectivity index (χ1v) is 11.7. The highest BCUT2D eigenvalue weighted by atomic mass is 19.1. The van der Waals surface area contributed by atoms with E-state index in [4.69, 9.17) is 9.47 Å².